The average Bonchev–Trinajstić information content (AvgIpc) is 3.03. The van der Waals surface area contributed by atoms with Crippen molar-refractivity contribution < 1.29 is 9.22 Å². The zero-order valence-electron chi connectivity index (χ0n) is 10.7. The molecule has 1 saturated heterocycles. The molecule has 0 saturated carbocycles. The minimum atomic E-state index is 0.453. The molecule has 2 nitrogen and oxygen atoms in total. The maximum absolute atomic E-state index is 6.09. The fourth-order valence-electron chi connectivity index (χ4n) is 3.00. The lowest BCUT2D eigenvalue weighted by molar-refractivity contribution is -0.660. The third-order valence-corrected chi connectivity index (χ3v) is 4.11. The highest BCUT2D eigenvalue weighted by molar-refractivity contribution is 7.44. The normalized spacial score (nSPS) is 15.2. The van der Waals surface area contributed by atoms with Crippen LogP contribution < -0.4 is 14.7 Å². The van der Waals surface area contributed by atoms with Gasteiger partial charge in [-0.25, -0.2) is 4.57 Å². The van der Waals surface area contributed by atoms with Gasteiger partial charge in [-0.05, 0) is 24.0 Å². The first-order chi connectivity index (χ1) is 8.75. The van der Waals surface area contributed by atoms with Crippen LogP contribution in [-0.2, 0) is 7.05 Å². The molecule has 0 atom stereocenters. The molecule has 0 radical (unpaired) electrons. The van der Waals surface area contributed by atoms with Gasteiger partial charge in [-0.15, -0.1) is 0 Å². The summed E-state index contributed by atoms with van der Waals surface area (Å²) in [4.78, 5) is 0. The Hall–Kier alpha value is -1.70. The molecule has 18 heavy (non-hydrogen) atoms. The minimum Gasteiger partial charge on any atom is -0.569 e. The van der Waals surface area contributed by atoms with Crippen molar-refractivity contribution in [2.75, 3.05) is 0 Å². The summed E-state index contributed by atoms with van der Waals surface area (Å²) in [6.07, 6.45) is 3.29. The second kappa shape index (κ2) is 3.41. The molecule has 0 N–H and O–H groups in total. The molecule has 0 bridgehead atoms. The Kier molecular flexibility index (Phi) is 1.94. The van der Waals surface area contributed by atoms with Crippen LogP contribution >= 0.6 is 0 Å². The number of aromatic nitrogens is 1. The van der Waals surface area contributed by atoms with Crippen LogP contribution in [0.2, 0.25) is 6.22 Å². The van der Waals surface area contributed by atoms with Crippen LogP contribution in [0.1, 0.15) is 5.56 Å². The lowest BCUT2D eigenvalue weighted by Gasteiger charge is -2.13. The Morgan fingerprint density at radius 1 is 1.22 bits per heavy atom. The largest absolute Gasteiger partial charge is 0.569 e. The van der Waals surface area contributed by atoms with Gasteiger partial charge in [0.05, 0.1) is 5.56 Å². The van der Waals surface area contributed by atoms with Gasteiger partial charge >= 0.3 is 6.81 Å². The topological polar surface area (TPSA) is 13.1 Å². The SMILES string of the molecule is Cc1ccc2c(c1-c1cccc[n+]1C)OB1CB12. The van der Waals surface area contributed by atoms with Gasteiger partial charge in [0, 0.05) is 12.1 Å². The maximum atomic E-state index is 6.09. The predicted molar refractivity (Wildman–Crippen MR) is 74.4 cm³/mol. The summed E-state index contributed by atoms with van der Waals surface area (Å²) >= 11 is 0. The molecule has 2 aromatic rings. The molecule has 2 aliphatic rings. The molecule has 4 heteroatoms. The van der Waals surface area contributed by atoms with E-state index in [0.717, 1.165) is 5.75 Å². The summed E-state index contributed by atoms with van der Waals surface area (Å²) in [6, 6.07) is 10.8. The van der Waals surface area contributed by atoms with Crippen LogP contribution in [0, 0.1) is 6.92 Å². The van der Waals surface area contributed by atoms with E-state index in [2.05, 4.69) is 55.1 Å². The lowest BCUT2D eigenvalue weighted by atomic mass is 9.47. The fourth-order valence-corrected chi connectivity index (χ4v) is 3.00. The zero-order chi connectivity index (χ0) is 12.3. The third kappa shape index (κ3) is 1.29. The first-order valence-corrected chi connectivity index (χ1v) is 6.51. The molecule has 2 aliphatic heterocycles. The van der Waals surface area contributed by atoms with Crippen LogP contribution in [0.15, 0.2) is 36.5 Å². The van der Waals surface area contributed by atoms with Gasteiger partial charge in [-0.3, -0.25) is 0 Å². The van der Waals surface area contributed by atoms with E-state index in [1.54, 1.807) is 0 Å². The first kappa shape index (κ1) is 10.2. The second-order valence-electron chi connectivity index (χ2n) is 5.37. The molecule has 0 spiro atoms. The monoisotopic (exact) mass is 234 g/mol. The fraction of sp³-hybridized carbons (Fsp3) is 0.214. The highest BCUT2D eigenvalue weighted by Gasteiger charge is 2.57. The highest BCUT2D eigenvalue weighted by Crippen LogP contribution is 2.39. The molecule has 86 valence electrons. The molecular formula is C14H14B2NO+. The van der Waals surface area contributed by atoms with E-state index >= 15 is 0 Å². The molecule has 0 aliphatic carbocycles. The van der Waals surface area contributed by atoms with Crippen molar-refractivity contribution in [1.82, 2.24) is 0 Å². The Morgan fingerprint density at radius 2 is 2.11 bits per heavy atom. The number of nitrogens with zero attached hydrogens (tertiary/aromatic N) is 1. The molecule has 1 aromatic heterocycles. The summed E-state index contributed by atoms with van der Waals surface area (Å²) in [5.41, 5.74) is 5.19. The molecule has 1 aromatic carbocycles. The zero-order valence-corrected chi connectivity index (χ0v) is 10.7. The number of pyridine rings is 1. The quantitative estimate of drug-likeness (QED) is 0.533. The molecule has 3 heterocycles. The smallest absolute Gasteiger partial charge is 0.314 e. The number of hydrogen-bond donors (Lipinski definition) is 0. The van der Waals surface area contributed by atoms with Crippen LogP contribution in [0.4, 0.5) is 0 Å². The van der Waals surface area contributed by atoms with Crippen molar-refractivity contribution in [3.8, 4) is 17.0 Å². The number of rotatable bonds is 1. The molecule has 1 fully saturated rings. The maximum Gasteiger partial charge on any atom is 0.314 e. The lowest BCUT2D eigenvalue weighted by Crippen LogP contribution is -2.30. The van der Waals surface area contributed by atoms with Gasteiger partial charge in [0.2, 0.25) is 5.69 Å². The Bertz CT molecular complexity index is 656. The van der Waals surface area contributed by atoms with E-state index in [9.17, 15) is 0 Å². The van der Waals surface area contributed by atoms with Crippen LogP contribution in [0.25, 0.3) is 11.3 Å². The van der Waals surface area contributed by atoms with Crippen molar-refractivity contribution in [2.45, 2.75) is 13.1 Å². The van der Waals surface area contributed by atoms with Gasteiger partial charge in [0.25, 0.3) is 0 Å². The van der Waals surface area contributed by atoms with Crippen molar-refractivity contribution >= 4 is 18.9 Å². The van der Waals surface area contributed by atoms with Crippen LogP contribution in [0.3, 0.4) is 0 Å². The number of fused-ring (bicyclic) bond motifs is 3. The van der Waals surface area contributed by atoms with Crippen molar-refractivity contribution in [2.24, 2.45) is 7.05 Å². The minimum absolute atomic E-state index is 0.453. The Balaban J connectivity index is 1.98. The Morgan fingerprint density at radius 3 is 2.94 bits per heavy atom. The summed E-state index contributed by atoms with van der Waals surface area (Å²) in [5, 5.41) is 0. The number of benzene rings is 1. The van der Waals surface area contributed by atoms with E-state index in [1.807, 2.05) is 0 Å². The third-order valence-electron chi connectivity index (χ3n) is 4.11. The summed E-state index contributed by atoms with van der Waals surface area (Å²) < 4.78 is 8.25. The van der Waals surface area contributed by atoms with Crippen molar-refractivity contribution in [3.63, 3.8) is 0 Å². The Labute approximate surface area is 108 Å². The van der Waals surface area contributed by atoms with E-state index in [4.69, 9.17) is 4.65 Å². The van der Waals surface area contributed by atoms with Crippen molar-refractivity contribution in [3.05, 3.63) is 42.1 Å². The highest BCUT2D eigenvalue weighted by atomic mass is 16.4. The van der Waals surface area contributed by atoms with Crippen molar-refractivity contribution in [1.29, 1.82) is 0 Å². The van der Waals surface area contributed by atoms with Crippen LogP contribution in [0.5, 0.6) is 5.75 Å². The predicted octanol–water partition coefficient (Wildman–Crippen LogP) is 1.20. The molecule has 4 rings (SSSR count). The van der Waals surface area contributed by atoms with Gasteiger partial charge in [0.1, 0.15) is 12.8 Å². The second-order valence-corrected chi connectivity index (χ2v) is 5.37. The van der Waals surface area contributed by atoms with Gasteiger partial charge in [0.15, 0.2) is 12.8 Å². The average molecular weight is 234 g/mol. The van der Waals surface area contributed by atoms with E-state index in [1.165, 1.54) is 28.5 Å². The van der Waals surface area contributed by atoms with Gasteiger partial charge < -0.3 is 4.65 Å². The van der Waals surface area contributed by atoms with Gasteiger partial charge in [-0.1, -0.05) is 18.4 Å². The van der Waals surface area contributed by atoms with E-state index in [0.29, 0.717) is 13.4 Å². The summed E-state index contributed by atoms with van der Waals surface area (Å²) in [7, 11) is 2.09. The summed E-state index contributed by atoms with van der Waals surface area (Å²) in [6.45, 7) is 3.28. The van der Waals surface area contributed by atoms with E-state index < -0.39 is 0 Å². The molecule has 0 amide bonds. The first-order valence-electron chi connectivity index (χ1n) is 6.51. The van der Waals surface area contributed by atoms with E-state index in [-0.39, 0.29) is 0 Å². The summed E-state index contributed by atoms with van der Waals surface area (Å²) in [5.74, 6) is 1.12. The molecule has 0 unspecified atom stereocenters. The molecular weight excluding hydrogens is 220 g/mol. The number of hydrogen-bond acceptors (Lipinski definition) is 1. The van der Waals surface area contributed by atoms with Gasteiger partial charge in [-0.2, -0.15) is 0 Å². The van der Waals surface area contributed by atoms with Crippen LogP contribution in [-0.4, -0.2) is 13.4 Å². The number of aryl methyl sites for hydroxylation is 2. The standard InChI is InChI=1S/C14H14B2NO/c1-10-6-7-11-14(18-16-9-15(11)16)13(10)12-5-3-4-8-17(12)2/h3-8H,9H2,1-2H3/q+1.